The first-order chi connectivity index (χ1) is 19.5. The van der Waals surface area contributed by atoms with Gasteiger partial charge in [0.2, 0.25) is 0 Å². The summed E-state index contributed by atoms with van der Waals surface area (Å²) in [6.45, 7) is 8.71. The molecular weight excluding hydrogens is 593 g/mol. The van der Waals surface area contributed by atoms with E-state index in [2.05, 4.69) is 25.7 Å². The van der Waals surface area contributed by atoms with Gasteiger partial charge in [-0.2, -0.15) is 9.97 Å². The summed E-state index contributed by atoms with van der Waals surface area (Å²) in [7, 11) is 1.97. The van der Waals surface area contributed by atoms with Gasteiger partial charge in [-0.05, 0) is 75.0 Å². The maximum atomic E-state index is 14.4. The van der Waals surface area contributed by atoms with Gasteiger partial charge in [0.15, 0.2) is 0 Å². The Morgan fingerprint density at radius 1 is 1.20 bits per heavy atom. The minimum atomic E-state index is -0.822. The van der Waals surface area contributed by atoms with E-state index in [4.69, 9.17) is 24.4 Å². The fourth-order valence-corrected chi connectivity index (χ4v) is 8.17. The minimum absolute atomic E-state index is 0.0265. The second-order valence-electron chi connectivity index (χ2n) is 13.2. The van der Waals surface area contributed by atoms with Crippen LogP contribution in [0.5, 0.6) is 6.01 Å². The number of piperazine rings is 1. The Labute approximate surface area is 247 Å². The third-order valence-corrected chi connectivity index (χ3v) is 9.78. The first kappa shape index (κ1) is 27.1. The second kappa shape index (κ2) is 9.65. The number of anilines is 1. The zero-order chi connectivity index (χ0) is 28.7. The number of imidazole rings is 1. The molecule has 4 atom stereocenters. The lowest BCUT2D eigenvalue weighted by Crippen LogP contribution is -2.57. The topological polar surface area (TPSA) is 88.9 Å². The molecule has 4 saturated heterocycles. The third kappa shape index (κ3) is 4.61. The average Bonchev–Trinajstić information content (AvgIpc) is 3.61. The van der Waals surface area contributed by atoms with E-state index in [1.54, 1.807) is 6.33 Å². The lowest BCUT2D eigenvalue weighted by Gasteiger charge is -2.42. The Kier molecular flexibility index (Phi) is 6.39. The standard InChI is InChI=1S/C29H37BrFN7O3/c1-28(2,3)41-27(39)38-18-6-7-19(38)14-36(13-18)25-22-21(10-20(30)24-23(22)32-16-35(24)4)33-26(34-25)40-15-29-8-5-9-37(29)12-17(31)11-29/h10,16-19H,5-9,11-15H2,1-4H3/t17-,18?,19?,29+/m1/s1. The van der Waals surface area contributed by atoms with Crippen LogP contribution in [0.3, 0.4) is 0 Å². The highest BCUT2D eigenvalue weighted by Gasteiger charge is 2.50. The fraction of sp³-hybridized carbons (Fsp3) is 0.655. The van der Waals surface area contributed by atoms with E-state index < -0.39 is 11.8 Å². The maximum absolute atomic E-state index is 14.4. The highest BCUT2D eigenvalue weighted by Crippen LogP contribution is 2.42. The van der Waals surface area contributed by atoms with Crippen molar-refractivity contribution in [1.82, 2.24) is 29.3 Å². The predicted octanol–water partition coefficient (Wildman–Crippen LogP) is 4.82. The molecule has 0 N–H and O–H groups in total. The van der Waals surface area contributed by atoms with Gasteiger partial charge in [0, 0.05) is 37.6 Å². The van der Waals surface area contributed by atoms with E-state index >= 15 is 0 Å². The molecule has 2 bridgehead atoms. The quantitative estimate of drug-likeness (QED) is 0.406. The monoisotopic (exact) mass is 629 g/mol. The summed E-state index contributed by atoms with van der Waals surface area (Å²) in [6, 6.07) is 2.34. The molecule has 0 spiro atoms. The first-order valence-electron chi connectivity index (χ1n) is 14.6. The number of hydrogen-bond donors (Lipinski definition) is 0. The molecule has 4 fully saturated rings. The molecule has 4 aliphatic rings. The summed E-state index contributed by atoms with van der Waals surface area (Å²) in [4.78, 5) is 34.1. The second-order valence-corrected chi connectivity index (χ2v) is 14.0. The van der Waals surface area contributed by atoms with Gasteiger partial charge in [0.25, 0.3) is 0 Å². The summed E-state index contributed by atoms with van der Waals surface area (Å²) >= 11 is 3.72. The highest BCUT2D eigenvalue weighted by molar-refractivity contribution is 9.10. The number of carbonyl (C=O) groups is 1. The number of rotatable bonds is 4. The van der Waals surface area contributed by atoms with Crippen LogP contribution in [0.25, 0.3) is 21.9 Å². The molecule has 1 aromatic carbocycles. The van der Waals surface area contributed by atoms with Crippen molar-refractivity contribution in [3.63, 3.8) is 0 Å². The van der Waals surface area contributed by atoms with Gasteiger partial charge in [-0.3, -0.25) is 9.80 Å². The number of halogens is 2. The molecule has 3 aromatic rings. The van der Waals surface area contributed by atoms with E-state index in [1.165, 1.54) is 0 Å². The first-order valence-corrected chi connectivity index (χ1v) is 15.4. The van der Waals surface area contributed by atoms with Crippen molar-refractivity contribution in [3.05, 3.63) is 16.9 Å². The van der Waals surface area contributed by atoms with E-state index in [0.717, 1.165) is 64.5 Å². The third-order valence-electron chi connectivity index (χ3n) is 9.18. The number of amides is 1. The molecular formula is C29H37BrFN7O3. The van der Waals surface area contributed by atoms with Crippen LogP contribution in [-0.2, 0) is 11.8 Å². The number of alkyl halides is 1. The zero-order valence-corrected chi connectivity index (χ0v) is 25.7. The van der Waals surface area contributed by atoms with E-state index in [-0.39, 0.29) is 23.7 Å². The smallest absolute Gasteiger partial charge is 0.410 e. The number of hydrogen-bond acceptors (Lipinski definition) is 8. The molecule has 220 valence electrons. The molecule has 10 nitrogen and oxygen atoms in total. The van der Waals surface area contributed by atoms with Crippen molar-refractivity contribution in [3.8, 4) is 6.01 Å². The largest absolute Gasteiger partial charge is 0.461 e. The van der Waals surface area contributed by atoms with Crippen molar-refractivity contribution in [1.29, 1.82) is 0 Å². The number of fused-ring (bicyclic) bond motifs is 6. The van der Waals surface area contributed by atoms with Gasteiger partial charge in [-0.1, -0.05) is 0 Å². The summed E-state index contributed by atoms with van der Waals surface area (Å²) in [6.07, 6.45) is 5.02. The number of aryl methyl sites for hydroxylation is 1. The summed E-state index contributed by atoms with van der Waals surface area (Å²) in [5.74, 6) is 0.762. The summed E-state index contributed by atoms with van der Waals surface area (Å²) in [5.41, 5.74) is 1.68. The molecule has 2 unspecified atom stereocenters. The molecule has 2 aromatic heterocycles. The van der Waals surface area contributed by atoms with Gasteiger partial charge in [0.05, 0.1) is 40.4 Å². The van der Waals surface area contributed by atoms with Gasteiger partial charge in [0.1, 0.15) is 29.7 Å². The Morgan fingerprint density at radius 3 is 2.68 bits per heavy atom. The van der Waals surface area contributed by atoms with E-state index in [1.807, 2.05) is 43.4 Å². The van der Waals surface area contributed by atoms with Crippen LogP contribution in [0.1, 0.15) is 52.9 Å². The molecule has 6 heterocycles. The lowest BCUT2D eigenvalue weighted by molar-refractivity contribution is 0.0122. The number of benzene rings is 1. The Balaban J connectivity index is 1.26. The number of aromatic nitrogens is 4. The van der Waals surface area contributed by atoms with Gasteiger partial charge in [-0.25, -0.2) is 14.2 Å². The van der Waals surface area contributed by atoms with Gasteiger partial charge >= 0.3 is 12.1 Å². The number of nitrogens with zero attached hydrogens (tertiary/aromatic N) is 7. The van der Waals surface area contributed by atoms with Crippen LogP contribution in [0.4, 0.5) is 15.0 Å². The van der Waals surface area contributed by atoms with Crippen molar-refractivity contribution >= 4 is 49.8 Å². The van der Waals surface area contributed by atoms with Crippen LogP contribution in [0, 0.1) is 0 Å². The van der Waals surface area contributed by atoms with Crippen molar-refractivity contribution in [2.24, 2.45) is 7.05 Å². The minimum Gasteiger partial charge on any atom is -0.461 e. The average molecular weight is 631 g/mol. The lowest BCUT2D eigenvalue weighted by atomic mass is 9.95. The van der Waals surface area contributed by atoms with Crippen LogP contribution < -0.4 is 9.64 Å². The van der Waals surface area contributed by atoms with E-state index in [0.29, 0.717) is 38.7 Å². The van der Waals surface area contributed by atoms with Crippen molar-refractivity contribution in [2.75, 3.05) is 37.7 Å². The normalized spacial score (nSPS) is 28.2. The van der Waals surface area contributed by atoms with Crippen molar-refractivity contribution < 1.29 is 18.7 Å². The van der Waals surface area contributed by atoms with Gasteiger partial charge < -0.3 is 18.9 Å². The molecule has 0 radical (unpaired) electrons. The number of ether oxygens (including phenoxy) is 2. The van der Waals surface area contributed by atoms with Crippen molar-refractivity contribution in [2.45, 2.75) is 82.3 Å². The highest BCUT2D eigenvalue weighted by atomic mass is 79.9. The Bertz CT molecular complexity index is 1510. The van der Waals surface area contributed by atoms with Crippen LogP contribution in [0.15, 0.2) is 16.9 Å². The number of carbonyl (C=O) groups excluding carboxylic acids is 1. The molecule has 0 saturated carbocycles. The molecule has 12 heteroatoms. The van der Waals surface area contributed by atoms with E-state index in [9.17, 15) is 9.18 Å². The maximum Gasteiger partial charge on any atom is 0.410 e. The summed E-state index contributed by atoms with van der Waals surface area (Å²) in [5, 5.41) is 0.867. The molecule has 4 aliphatic heterocycles. The molecule has 41 heavy (non-hydrogen) atoms. The van der Waals surface area contributed by atoms with Crippen LogP contribution in [0.2, 0.25) is 0 Å². The predicted molar refractivity (Wildman–Crippen MR) is 157 cm³/mol. The Morgan fingerprint density at radius 2 is 1.95 bits per heavy atom. The fourth-order valence-electron chi connectivity index (χ4n) is 7.49. The molecule has 1 amide bonds. The SMILES string of the molecule is Cn1cnc2c3c(N4CC5CCC(C4)N5C(=O)OC(C)(C)C)nc(OC[C@@]45CCCN4C[C@H](F)C5)nc3cc(Br)c21. The molecule has 7 rings (SSSR count). The van der Waals surface area contributed by atoms with Crippen LogP contribution >= 0.6 is 15.9 Å². The summed E-state index contributed by atoms with van der Waals surface area (Å²) < 4.78 is 29.4. The van der Waals surface area contributed by atoms with Crippen LogP contribution in [-0.4, -0.2) is 97.6 Å². The molecule has 0 aliphatic carbocycles. The zero-order valence-electron chi connectivity index (χ0n) is 24.1. The Hall–Kier alpha value is -2.73. The van der Waals surface area contributed by atoms with Gasteiger partial charge in [-0.15, -0.1) is 0 Å².